The van der Waals surface area contributed by atoms with E-state index in [4.69, 9.17) is 0 Å². The maximum Gasteiger partial charge on any atom is 0.416 e. The van der Waals surface area contributed by atoms with Crippen LogP contribution in [0.1, 0.15) is 24.1 Å². The minimum atomic E-state index is -4.37. The number of carboxylic acids is 1. The van der Waals surface area contributed by atoms with Crippen molar-refractivity contribution in [2.24, 2.45) is 5.92 Å². The lowest BCUT2D eigenvalue weighted by Crippen LogP contribution is -2.36. The lowest BCUT2D eigenvalue weighted by molar-refractivity contribution is -0.143. The van der Waals surface area contributed by atoms with Crippen molar-refractivity contribution in [2.75, 3.05) is 13.1 Å². The number of nitrogens with zero attached hydrogens (tertiary/aromatic N) is 2. The first-order chi connectivity index (χ1) is 13.8. The van der Waals surface area contributed by atoms with Crippen molar-refractivity contribution in [1.82, 2.24) is 9.47 Å². The number of aromatic nitrogens is 1. The Morgan fingerprint density at radius 2 is 1.69 bits per heavy atom. The van der Waals surface area contributed by atoms with E-state index in [2.05, 4.69) is 11.0 Å². The van der Waals surface area contributed by atoms with E-state index in [-0.39, 0.29) is 5.92 Å². The van der Waals surface area contributed by atoms with Gasteiger partial charge in [-0.15, -0.1) is 0 Å². The molecule has 0 saturated carbocycles. The molecule has 152 valence electrons. The van der Waals surface area contributed by atoms with E-state index in [0.29, 0.717) is 38.2 Å². The van der Waals surface area contributed by atoms with Gasteiger partial charge in [0.25, 0.3) is 0 Å². The van der Waals surface area contributed by atoms with Gasteiger partial charge in [-0.3, -0.25) is 9.69 Å². The third-order valence-electron chi connectivity index (χ3n) is 5.56. The predicted octanol–water partition coefficient (Wildman–Crippen LogP) is 4.95. The Balaban J connectivity index is 1.66. The molecule has 4 nitrogen and oxygen atoms in total. The van der Waals surface area contributed by atoms with Gasteiger partial charge >= 0.3 is 12.1 Å². The van der Waals surface area contributed by atoms with Crippen LogP contribution in [0.3, 0.4) is 0 Å². The van der Waals surface area contributed by atoms with Crippen molar-refractivity contribution in [3.8, 4) is 5.69 Å². The van der Waals surface area contributed by atoms with Crippen LogP contribution >= 0.6 is 0 Å². The zero-order chi connectivity index (χ0) is 20.6. The third kappa shape index (κ3) is 4.00. The molecule has 0 radical (unpaired) electrons. The summed E-state index contributed by atoms with van der Waals surface area (Å²) in [7, 11) is 0. The van der Waals surface area contributed by atoms with Crippen LogP contribution in [0.25, 0.3) is 16.6 Å². The quantitative estimate of drug-likeness (QED) is 0.672. The standard InChI is InChI=1S/C22H21F3N2O2/c23-22(24,25)17-5-7-18(8-6-17)27-19(13-16-3-1-2-4-20(16)27)14-26-11-9-15(10-12-26)21(28)29/h1-8,13,15H,9-12,14H2,(H,28,29). The summed E-state index contributed by atoms with van der Waals surface area (Å²) in [6.45, 7) is 1.99. The molecule has 2 aromatic carbocycles. The molecule has 0 spiro atoms. The SMILES string of the molecule is O=C(O)C1CCN(Cc2cc3ccccc3n2-c2ccc(C(F)(F)F)cc2)CC1. The van der Waals surface area contributed by atoms with Gasteiger partial charge in [0.2, 0.25) is 0 Å². The lowest BCUT2D eigenvalue weighted by atomic mass is 9.97. The largest absolute Gasteiger partial charge is 0.481 e. The molecule has 2 heterocycles. The number of rotatable bonds is 4. The number of carboxylic acid groups (broad SMARTS) is 1. The molecule has 1 N–H and O–H groups in total. The van der Waals surface area contributed by atoms with E-state index in [9.17, 15) is 23.1 Å². The second-order valence-electron chi connectivity index (χ2n) is 7.46. The first kappa shape index (κ1) is 19.5. The van der Waals surface area contributed by atoms with Crippen LogP contribution in [-0.4, -0.2) is 33.6 Å². The summed E-state index contributed by atoms with van der Waals surface area (Å²) in [6.07, 6.45) is -3.15. The molecule has 4 rings (SSSR count). The summed E-state index contributed by atoms with van der Waals surface area (Å²) in [5.74, 6) is -1.05. The van der Waals surface area contributed by atoms with Crippen LogP contribution in [-0.2, 0) is 17.5 Å². The number of hydrogen-bond acceptors (Lipinski definition) is 2. The zero-order valence-electron chi connectivity index (χ0n) is 15.7. The minimum Gasteiger partial charge on any atom is -0.481 e. The Labute approximate surface area is 166 Å². The number of carbonyl (C=O) groups is 1. The van der Waals surface area contributed by atoms with Crippen molar-refractivity contribution in [3.05, 3.63) is 65.9 Å². The highest BCUT2D eigenvalue weighted by atomic mass is 19.4. The highest BCUT2D eigenvalue weighted by molar-refractivity contribution is 5.83. The van der Waals surface area contributed by atoms with Crippen LogP contribution in [0, 0.1) is 5.92 Å². The van der Waals surface area contributed by atoms with E-state index in [1.807, 2.05) is 28.8 Å². The van der Waals surface area contributed by atoms with Crippen molar-refractivity contribution in [3.63, 3.8) is 0 Å². The molecule has 29 heavy (non-hydrogen) atoms. The van der Waals surface area contributed by atoms with E-state index in [0.717, 1.165) is 28.7 Å². The molecular formula is C22H21F3N2O2. The smallest absolute Gasteiger partial charge is 0.416 e. The molecule has 1 aliphatic rings. The van der Waals surface area contributed by atoms with Gasteiger partial charge in [0.1, 0.15) is 0 Å². The summed E-state index contributed by atoms with van der Waals surface area (Å²) in [5, 5.41) is 10.2. The summed E-state index contributed by atoms with van der Waals surface area (Å²) in [6, 6.07) is 15.0. The van der Waals surface area contributed by atoms with Gasteiger partial charge in [0.05, 0.1) is 17.0 Å². The van der Waals surface area contributed by atoms with Gasteiger partial charge in [-0.1, -0.05) is 18.2 Å². The molecule has 1 fully saturated rings. The Bertz CT molecular complexity index is 1020. The topological polar surface area (TPSA) is 45.5 Å². The predicted molar refractivity (Wildman–Crippen MR) is 104 cm³/mol. The number of fused-ring (bicyclic) bond motifs is 1. The van der Waals surface area contributed by atoms with Gasteiger partial charge in [-0.25, -0.2) is 0 Å². The highest BCUT2D eigenvalue weighted by Gasteiger charge is 2.30. The second kappa shape index (κ2) is 7.55. The normalized spacial score (nSPS) is 16.4. The Hall–Kier alpha value is -2.80. The molecule has 1 saturated heterocycles. The maximum atomic E-state index is 12.9. The van der Waals surface area contributed by atoms with Gasteiger partial charge in [0.15, 0.2) is 0 Å². The lowest BCUT2D eigenvalue weighted by Gasteiger charge is -2.30. The van der Waals surface area contributed by atoms with Crippen LogP contribution in [0.4, 0.5) is 13.2 Å². The number of halogens is 3. The van der Waals surface area contributed by atoms with Crippen molar-refractivity contribution in [1.29, 1.82) is 0 Å². The molecular weight excluding hydrogens is 381 g/mol. The minimum absolute atomic E-state index is 0.299. The Kier molecular flexibility index (Phi) is 5.08. The number of hydrogen-bond donors (Lipinski definition) is 1. The van der Waals surface area contributed by atoms with Crippen molar-refractivity contribution >= 4 is 16.9 Å². The molecule has 0 amide bonds. The van der Waals surface area contributed by atoms with Crippen molar-refractivity contribution < 1.29 is 23.1 Å². The van der Waals surface area contributed by atoms with E-state index >= 15 is 0 Å². The fourth-order valence-corrected chi connectivity index (χ4v) is 4.00. The zero-order valence-corrected chi connectivity index (χ0v) is 15.7. The fraction of sp³-hybridized carbons (Fsp3) is 0.318. The second-order valence-corrected chi connectivity index (χ2v) is 7.46. The monoisotopic (exact) mass is 402 g/mol. The number of alkyl halides is 3. The molecule has 0 atom stereocenters. The maximum absolute atomic E-state index is 12.9. The van der Waals surface area contributed by atoms with Crippen molar-refractivity contribution in [2.45, 2.75) is 25.6 Å². The van der Waals surface area contributed by atoms with E-state index in [1.165, 1.54) is 12.1 Å². The first-order valence-electron chi connectivity index (χ1n) is 9.55. The van der Waals surface area contributed by atoms with Gasteiger partial charge in [-0.2, -0.15) is 13.2 Å². The molecule has 1 aromatic heterocycles. The molecule has 0 aliphatic carbocycles. The molecule has 0 unspecified atom stereocenters. The number of para-hydroxylation sites is 1. The number of aliphatic carboxylic acids is 1. The summed E-state index contributed by atoms with van der Waals surface area (Å²) >= 11 is 0. The number of piperidine rings is 1. The van der Waals surface area contributed by atoms with Gasteiger partial charge in [0, 0.05) is 23.3 Å². The highest BCUT2D eigenvalue weighted by Crippen LogP contribution is 2.31. The fourth-order valence-electron chi connectivity index (χ4n) is 4.00. The Morgan fingerprint density at radius 1 is 1.03 bits per heavy atom. The third-order valence-corrected chi connectivity index (χ3v) is 5.56. The first-order valence-corrected chi connectivity index (χ1v) is 9.55. The van der Waals surface area contributed by atoms with Crippen LogP contribution in [0.5, 0.6) is 0 Å². The Morgan fingerprint density at radius 3 is 2.31 bits per heavy atom. The van der Waals surface area contributed by atoms with Crippen LogP contribution in [0.2, 0.25) is 0 Å². The molecule has 1 aliphatic heterocycles. The van der Waals surface area contributed by atoms with Gasteiger partial charge in [-0.05, 0) is 62.3 Å². The van der Waals surface area contributed by atoms with E-state index < -0.39 is 17.7 Å². The average molecular weight is 402 g/mol. The average Bonchev–Trinajstić information content (AvgIpc) is 3.05. The summed E-state index contributed by atoms with van der Waals surface area (Å²) < 4.78 is 40.8. The van der Waals surface area contributed by atoms with E-state index in [1.54, 1.807) is 0 Å². The number of likely N-dealkylation sites (tertiary alicyclic amines) is 1. The van der Waals surface area contributed by atoms with Gasteiger partial charge < -0.3 is 9.67 Å². The molecule has 7 heteroatoms. The summed E-state index contributed by atoms with van der Waals surface area (Å²) in [5.41, 5.74) is 1.91. The van der Waals surface area contributed by atoms with Crippen LogP contribution < -0.4 is 0 Å². The number of benzene rings is 2. The molecule has 0 bridgehead atoms. The molecule has 3 aromatic rings. The van der Waals surface area contributed by atoms with Crippen LogP contribution in [0.15, 0.2) is 54.6 Å². The summed E-state index contributed by atoms with van der Waals surface area (Å²) in [4.78, 5) is 13.4.